The van der Waals surface area contributed by atoms with Crippen molar-refractivity contribution in [1.82, 2.24) is 10.2 Å². The fourth-order valence-corrected chi connectivity index (χ4v) is 4.31. The average molecular weight is 451 g/mol. The van der Waals surface area contributed by atoms with Crippen molar-refractivity contribution in [2.24, 2.45) is 0 Å². The molecule has 3 rings (SSSR count). The van der Waals surface area contributed by atoms with Crippen molar-refractivity contribution in [2.75, 3.05) is 12.8 Å². The molecule has 166 valence electrons. The molecule has 0 unspecified atom stereocenters. The normalized spacial score (nSPS) is 11.6. The molecule has 1 atom stereocenters. The molecule has 3 aromatic rings. The lowest BCUT2D eigenvalue weighted by molar-refractivity contribution is -0.139. The van der Waals surface area contributed by atoms with Crippen molar-refractivity contribution in [3.63, 3.8) is 0 Å². The van der Waals surface area contributed by atoms with Crippen LogP contribution in [0.5, 0.6) is 0 Å². The molecule has 0 fully saturated rings. The highest BCUT2D eigenvalue weighted by Crippen LogP contribution is 2.19. The third-order valence-electron chi connectivity index (χ3n) is 5.15. The lowest BCUT2D eigenvalue weighted by atomic mass is 10.0. The molecule has 0 bridgehead atoms. The third-order valence-corrected chi connectivity index (χ3v) is 6.14. The molecule has 0 aliphatic carbocycles. The quantitative estimate of drug-likeness (QED) is 0.497. The number of amides is 2. The summed E-state index contributed by atoms with van der Waals surface area (Å²) < 4.78 is 14.4. The molecule has 3 aromatic carbocycles. The molecule has 0 radical (unpaired) electrons. The van der Waals surface area contributed by atoms with Gasteiger partial charge in [0.15, 0.2) is 0 Å². The highest BCUT2D eigenvalue weighted by atomic mass is 32.2. The number of thioether (sulfide) groups is 1. The summed E-state index contributed by atoms with van der Waals surface area (Å²) in [5.74, 6) is 0.0256. The van der Waals surface area contributed by atoms with E-state index in [1.165, 1.54) is 22.7 Å². The first-order valence-corrected chi connectivity index (χ1v) is 11.6. The number of hydrogen-bond acceptors (Lipinski definition) is 3. The van der Waals surface area contributed by atoms with E-state index in [1.807, 2.05) is 60.7 Å². The van der Waals surface area contributed by atoms with Gasteiger partial charge in [-0.25, -0.2) is 4.39 Å². The van der Waals surface area contributed by atoms with E-state index in [0.29, 0.717) is 17.7 Å². The van der Waals surface area contributed by atoms with E-state index in [1.54, 1.807) is 25.2 Å². The van der Waals surface area contributed by atoms with Crippen molar-refractivity contribution in [1.29, 1.82) is 0 Å². The van der Waals surface area contributed by atoms with Crippen LogP contribution in [0.3, 0.4) is 0 Å². The summed E-state index contributed by atoms with van der Waals surface area (Å²) in [6.07, 6.45) is 0.351. The SMILES string of the molecule is CNC(=O)[C@H](Cc1ccccc1)N(Cc1ccccc1F)C(=O)CSCc1ccccc1. The summed E-state index contributed by atoms with van der Waals surface area (Å²) in [5.41, 5.74) is 2.44. The molecule has 0 aromatic heterocycles. The number of hydrogen-bond donors (Lipinski definition) is 1. The van der Waals surface area contributed by atoms with Crippen LogP contribution in [-0.4, -0.2) is 35.6 Å². The first kappa shape index (κ1) is 23.5. The van der Waals surface area contributed by atoms with Crippen molar-refractivity contribution >= 4 is 23.6 Å². The molecule has 6 heteroatoms. The number of benzene rings is 3. The van der Waals surface area contributed by atoms with Crippen molar-refractivity contribution in [3.05, 3.63) is 107 Å². The molecule has 0 saturated heterocycles. The molecule has 32 heavy (non-hydrogen) atoms. The summed E-state index contributed by atoms with van der Waals surface area (Å²) in [6, 6.07) is 25.1. The van der Waals surface area contributed by atoms with Gasteiger partial charge in [-0.15, -0.1) is 11.8 Å². The Morgan fingerprint density at radius 3 is 2.12 bits per heavy atom. The van der Waals surface area contributed by atoms with Crippen LogP contribution in [0.4, 0.5) is 4.39 Å². The topological polar surface area (TPSA) is 49.4 Å². The largest absolute Gasteiger partial charge is 0.357 e. The minimum absolute atomic E-state index is 0.0301. The highest BCUT2D eigenvalue weighted by molar-refractivity contribution is 7.99. The highest BCUT2D eigenvalue weighted by Gasteiger charge is 2.30. The molecule has 0 saturated carbocycles. The Hall–Kier alpha value is -3.12. The zero-order chi connectivity index (χ0) is 22.8. The second kappa shape index (κ2) is 12.1. The molecular weight excluding hydrogens is 423 g/mol. The van der Waals surface area contributed by atoms with Crippen molar-refractivity contribution < 1.29 is 14.0 Å². The second-order valence-electron chi connectivity index (χ2n) is 7.41. The van der Waals surface area contributed by atoms with Gasteiger partial charge in [-0.3, -0.25) is 9.59 Å². The summed E-state index contributed by atoms with van der Waals surface area (Å²) in [7, 11) is 1.55. The first-order chi connectivity index (χ1) is 15.6. The number of likely N-dealkylation sites (N-methyl/N-ethyl adjacent to an activating group) is 1. The van der Waals surface area contributed by atoms with Crippen LogP contribution >= 0.6 is 11.8 Å². The number of nitrogens with one attached hydrogen (secondary N) is 1. The fourth-order valence-electron chi connectivity index (χ4n) is 3.44. The van der Waals surface area contributed by atoms with E-state index in [0.717, 1.165) is 11.1 Å². The molecular formula is C26H27FN2O2S. The number of rotatable bonds is 10. The number of nitrogens with zero attached hydrogens (tertiary/aromatic N) is 1. The van der Waals surface area contributed by atoms with Gasteiger partial charge in [-0.2, -0.15) is 0 Å². The van der Waals surface area contributed by atoms with Crippen LogP contribution in [0.15, 0.2) is 84.9 Å². The monoisotopic (exact) mass is 450 g/mol. The summed E-state index contributed by atoms with van der Waals surface area (Å²) in [6.45, 7) is 0.0301. The number of carbonyl (C=O) groups is 2. The molecule has 4 nitrogen and oxygen atoms in total. The summed E-state index contributed by atoms with van der Waals surface area (Å²) in [5, 5.41) is 2.67. The van der Waals surface area contributed by atoms with Crippen LogP contribution in [-0.2, 0) is 28.3 Å². The molecule has 0 aliphatic heterocycles. The predicted molar refractivity (Wildman–Crippen MR) is 128 cm³/mol. The summed E-state index contributed by atoms with van der Waals surface area (Å²) in [4.78, 5) is 27.6. The Kier molecular flexibility index (Phi) is 8.87. The Bertz CT molecular complexity index is 1010. The molecule has 0 aliphatic rings. The Morgan fingerprint density at radius 2 is 1.50 bits per heavy atom. The van der Waals surface area contributed by atoms with Crippen LogP contribution in [0.1, 0.15) is 16.7 Å². The van der Waals surface area contributed by atoms with Gasteiger partial charge in [0.1, 0.15) is 11.9 Å². The first-order valence-electron chi connectivity index (χ1n) is 10.5. The van der Waals surface area contributed by atoms with E-state index >= 15 is 0 Å². The fraction of sp³-hybridized carbons (Fsp3) is 0.231. The standard InChI is InChI=1S/C26H27FN2O2S/c1-28-26(31)24(16-20-10-4-2-5-11-20)29(17-22-14-8-9-15-23(22)27)25(30)19-32-18-21-12-6-3-7-13-21/h2-15,24H,16-19H2,1H3,(H,28,31)/t24-/m0/s1. The van der Waals surface area contributed by atoms with Gasteiger partial charge < -0.3 is 10.2 Å². The maximum absolute atomic E-state index is 14.4. The average Bonchev–Trinajstić information content (AvgIpc) is 2.83. The maximum atomic E-state index is 14.4. The van der Waals surface area contributed by atoms with Crippen LogP contribution in [0.25, 0.3) is 0 Å². The Morgan fingerprint density at radius 1 is 0.906 bits per heavy atom. The molecule has 1 N–H and O–H groups in total. The van der Waals surface area contributed by atoms with Gasteiger partial charge in [0.25, 0.3) is 0 Å². The molecule has 0 spiro atoms. The van der Waals surface area contributed by atoms with Crippen molar-refractivity contribution in [3.8, 4) is 0 Å². The predicted octanol–water partition coefficient (Wildman–Crippen LogP) is 4.45. The van der Waals surface area contributed by atoms with Crippen LogP contribution in [0, 0.1) is 5.82 Å². The Balaban J connectivity index is 1.82. The van der Waals surface area contributed by atoms with E-state index in [4.69, 9.17) is 0 Å². The third kappa shape index (κ3) is 6.69. The van der Waals surface area contributed by atoms with Gasteiger partial charge in [0.2, 0.25) is 11.8 Å². The van der Waals surface area contributed by atoms with E-state index in [-0.39, 0.29) is 24.1 Å². The number of halogens is 1. The second-order valence-corrected chi connectivity index (χ2v) is 8.40. The van der Waals surface area contributed by atoms with Crippen molar-refractivity contribution in [2.45, 2.75) is 24.8 Å². The van der Waals surface area contributed by atoms with Crippen LogP contribution < -0.4 is 5.32 Å². The minimum Gasteiger partial charge on any atom is -0.357 e. The lowest BCUT2D eigenvalue weighted by Gasteiger charge is -2.31. The van der Waals surface area contributed by atoms with E-state index in [9.17, 15) is 14.0 Å². The van der Waals surface area contributed by atoms with E-state index < -0.39 is 11.9 Å². The van der Waals surface area contributed by atoms with Crippen LogP contribution in [0.2, 0.25) is 0 Å². The minimum atomic E-state index is -0.744. The van der Waals surface area contributed by atoms with Gasteiger partial charge >= 0.3 is 0 Å². The molecule has 0 heterocycles. The van der Waals surface area contributed by atoms with Gasteiger partial charge in [0.05, 0.1) is 5.75 Å². The smallest absolute Gasteiger partial charge is 0.242 e. The van der Waals surface area contributed by atoms with Gasteiger partial charge in [-0.05, 0) is 17.2 Å². The zero-order valence-corrected chi connectivity index (χ0v) is 18.9. The van der Waals surface area contributed by atoms with Gasteiger partial charge in [-0.1, -0.05) is 78.9 Å². The number of carbonyl (C=O) groups excluding carboxylic acids is 2. The Labute approximate surface area is 192 Å². The molecule has 2 amide bonds. The zero-order valence-electron chi connectivity index (χ0n) is 18.0. The lowest BCUT2D eigenvalue weighted by Crippen LogP contribution is -2.50. The van der Waals surface area contributed by atoms with Gasteiger partial charge in [0, 0.05) is 31.3 Å². The van der Waals surface area contributed by atoms with E-state index in [2.05, 4.69) is 5.32 Å². The summed E-state index contributed by atoms with van der Waals surface area (Å²) >= 11 is 1.48. The maximum Gasteiger partial charge on any atom is 0.242 e.